The van der Waals surface area contributed by atoms with Crippen LogP contribution in [0.25, 0.3) is 6.08 Å². The maximum atomic E-state index is 8.89. The summed E-state index contributed by atoms with van der Waals surface area (Å²) in [5.41, 5.74) is 1.43. The van der Waals surface area contributed by atoms with Gasteiger partial charge in [0.15, 0.2) is 11.5 Å². The number of rotatable bonds is 5. The van der Waals surface area contributed by atoms with Gasteiger partial charge in [-0.25, -0.2) is 0 Å². The predicted molar refractivity (Wildman–Crippen MR) is 65.0 cm³/mol. The summed E-state index contributed by atoms with van der Waals surface area (Å²) in [5.74, 6) is 1.30. The molecule has 0 aromatic heterocycles. The van der Waals surface area contributed by atoms with Gasteiger partial charge in [-0.2, -0.15) is 5.26 Å². The van der Waals surface area contributed by atoms with E-state index >= 15 is 0 Å². The molecule has 1 aromatic carbocycles. The topological polar surface area (TPSA) is 51.5 Å². The summed E-state index contributed by atoms with van der Waals surface area (Å²) in [6.07, 6.45) is 1.76. The highest BCUT2D eigenvalue weighted by Gasteiger charge is 2.04. The molecule has 90 valence electrons. The summed E-state index contributed by atoms with van der Waals surface area (Å²) in [5, 5.41) is 8.89. The van der Waals surface area contributed by atoms with E-state index in [4.69, 9.17) is 19.5 Å². The molecule has 0 aliphatic rings. The molecule has 0 radical (unpaired) electrons. The number of hydrogen-bond donors (Lipinski definition) is 0. The van der Waals surface area contributed by atoms with Gasteiger partial charge in [0.2, 0.25) is 0 Å². The number of hydrogen-bond acceptors (Lipinski definition) is 4. The molecule has 0 amide bonds. The van der Waals surface area contributed by atoms with Crippen molar-refractivity contribution in [3.8, 4) is 17.6 Å². The van der Waals surface area contributed by atoms with E-state index < -0.39 is 0 Å². The number of ether oxygens (including phenoxy) is 3. The molecule has 0 N–H and O–H groups in total. The lowest BCUT2D eigenvalue weighted by Gasteiger charge is -2.07. The number of benzene rings is 1. The lowest BCUT2D eigenvalue weighted by atomic mass is 10.1. The van der Waals surface area contributed by atoms with Crippen LogP contribution in [0.3, 0.4) is 0 Å². The molecular weight excluding hydrogens is 218 g/mol. The van der Waals surface area contributed by atoms with Gasteiger partial charge in [0, 0.05) is 7.11 Å². The highest BCUT2D eigenvalue weighted by atomic mass is 16.5. The van der Waals surface area contributed by atoms with Gasteiger partial charge < -0.3 is 14.2 Å². The average molecular weight is 233 g/mol. The minimum atomic E-state index is 0.296. The van der Waals surface area contributed by atoms with Crippen LogP contribution in [-0.4, -0.2) is 27.9 Å². The Morgan fingerprint density at radius 2 is 1.94 bits per heavy atom. The van der Waals surface area contributed by atoms with Crippen molar-refractivity contribution in [2.45, 2.75) is 0 Å². The van der Waals surface area contributed by atoms with E-state index in [1.54, 1.807) is 33.5 Å². The molecule has 4 heteroatoms. The average Bonchev–Trinajstić information content (AvgIpc) is 2.38. The van der Waals surface area contributed by atoms with Crippen LogP contribution in [0.2, 0.25) is 0 Å². The van der Waals surface area contributed by atoms with Crippen LogP contribution >= 0.6 is 0 Å². The van der Waals surface area contributed by atoms with Crippen molar-refractivity contribution < 1.29 is 14.2 Å². The first-order chi connectivity index (χ1) is 8.24. The van der Waals surface area contributed by atoms with Crippen LogP contribution in [0, 0.1) is 11.3 Å². The van der Waals surface area contributed by atoms with Crippen molar-refractivity contribution >= 4 is 6.08 Å². The molecule has 0 spiro atoms. The van der Waals surface area contributed by atoms with Crippen molar-refractivity contribution in [3.05, 3.63) is 29.3 Å². The second kappa shape index (κ2) is 6.56. The molecule has 0 atom stereocenters. The van der Waals surface area contributed by atoms with Crippen molar-refractivity contribution in [3.63, 3.8) is 0 Å². The Hall–Kier alpha value is -1.99. The van der Waals surface area contributed by atoms with Gasteiger partial charge in [-0.05, 0) is 23.8 Å². The molecule has 0 unspecified atom stereocenters. The molecule has 1 aromatic rings. The molecule has 4 nitrogen and oxygen atoms in total. The van der Waals surface area contributed by atoms with Gasteiger partial charge in [-0.1, -0.05) is 6.07 Å². The SMILES string of the molecule is COC/C(C#N)=C\c1ccc(OC)c(OC)c1. The standard InChI is InChI=1S/C13H15NO3/c1-15-9-11(8-14)6-10-4-5-12(16-2)13(7-10)17-3/h4-7H,9H2,1-3H3/b11-6-. The van der Waals surface area contributed by atoms with Gasteiger partial charge in [0.05, 0.1) is 32.5 Å². The lowest BCUT2D eigenvalue weighted by molar-refractivity contribution is 0.229. The Balaban J connectivity index is 3.04. The molecule has 0 saturated carbocycles. The highest BCUT2D eigenvalue weighted by Crippen LogP contribution is 2.28. The normalized spacial score (nSPS) is 10.8. The summed E-state index contributed by atoms with van der Waals surface area (Å²) in [7, 11) is 4.71. The molecule has 17 heavy (non-hydrogen) atoms. The minimum absolute atomic E-state index is 0.296. The highest BCUT2D eigenvalue weighted by molar-refractivity contribution is 5.60. The fourth-order valence-corrected chi connectivity index (χ4v) is 1.41. The first kappa shape index (κ1) is 13.1. The second-order valence-electron chi connectivity index (χ2n) is 3.33. The van der Waals surface area contributed by atoms with Crippen LogP contribution in [0.15, 0.2) is 23.8 Å². The van der Waals surface area contributed by atoms with E-state index in [1.807, 2.05) is 12.1 Å². The Morgan fingerprint density at radius 1 is 1.24 bits per heavy atom. The number of methoxy groups -OCH3 is 3. The Morgan fingerprint density at radius 3 is 2.47 bits per heavy atom. The summed E-state index contributed by atoms with van der Waals surface area (Å²) >= 11 is 0. The fourth-order valence-electron chi connectivity index (χ4n) is 1.41. The van der Waals surface area contributed by atoms with Crippen LogP contribution in [0.4, 0.5) is 0 Å². The predicted octanol–water partition coefficient (Wildman–Crippen LogP) is 2.26. The van der Waals surface area contributed by atoms with Gasteiger partial charge in [-0.15, -0.1) is 0 Å². The summed E-state index contributed by atoms with van der Waals surface area (Å²) in [6.45, 7) is 0.296. The molecule has 1 rings (SSSR count). The van der Waals surface area contributed by atoms with E-state index in [1.165, 1.54) is 0 Å². The largest absolute Gasteiger partial charge is 0.493 e. The van der Waals surface area contributed by atoms with Crippen LogP contribution in [-0.2, 0) is 4.74 Å². The second-order valence-corrected chi connectivity index (χ2v) is 3.33. The molecular formula is C13H15NO3. The first-order valence-corrected chi connectivity index (χ1v) is 5.06. The van der Waals surface area contributed by atoms with Crippen LogP contribution in [0.1, 0.15) is 5.56 Å². The summed E-state index contributed by atoms with van der Waals surface area (Å²) in [6, 6.07) is 7.55. The van der Waals surface area contributed by atoms with Gasteiger partial charge >= 0.3 is 0 Å². The third-order valence-electron chi connectivity index (χ3n) is 2.19. The molecule has 0 bridgehead atoms. The number of nitriles is 1. The zero-order valence-electron chi connectivity index (χ0n) is 10.2. The maximum Gasteiger partial charge on any atom is 0.161 e. The van der Waals surface area contributed by atoms with E-state index in [9.17, 15) is 0 Å². The number of nitrogens with zero attached hydrogens (tertiary/aromatic N) is 1. The van der Waals surface area contributed by atoms with Crippen molar-refractivity contribution in [2.75, 3.05) is 27.9 Å². The van der Waals surface area contributed by atoms with Crippen molar-refractivity contribution in [2.24, 2.45) is 0 Å². The minimum Gasteiger partial charge on any atom is -0.493 e. The van der Waals surface area contributed by atoms with Crippen LogP contribution in [0.5, 0.6) is 11.5 Å². The maximum absolute atomic E-state index is 8.89. The quantitative estimate of drug-likeness (QED) is 0.732. The van der Waals surface area contributed by atoms with Crippen molar-refractivity contribution in [1.29, 1.82) is 5.26 Å². The monoisotopic (exact) mass is 233 g/mol. The Kier molecular flexibility index (Phi) is 5.05. The summed E-state index contributed by atoms with van der Waals surface area (Å²) < 4.78 is 15.2. The smallest absolute Gasteiger partial charge is 0.161 e. The molecule has 0 aliphatic heterocycles. The first-order valence-electron chi connectivity index (χ1n) is 5.06. The van der Waals surface area contributed by atoms with E-state index in [-0.39, 0.29) is 0 Å². The third kappa shape index (κ3) is 3.51. The van der Waals surface area contributed by atoms with E-state index in [2.05, 4.69) is 6.07 Å². The molecule has 0 saturated heterocycles. The third-order valence-corrected chi connectivity index (χ3v) is 2.19. The summed E-state index contributed by atoms with van der Waals surface area (Å²) in [4.78, 5) is 0. The van der Waals surface area contributed by atoms with Gasteiger partial charge in [0.1, 0.15) is 0 Å². The molecule has 0 aliphatic carbocycles. The molecule has 0 heterocycles. The Labute approximate surface area is 101 Å². The zero-order valence-corrected chi connectivity index (χ0v) is 10.2. The van der Waals surface area contributed by atoms with E-state index in [0.717, 1.165) is 5.56 Å². The Bertz CT molecular complexity index is 446. The zero-order chi connectivity index (χ0) is 12.7. The molecule has 0 fully saturated rings. The van der Waals surface area contributed by atoms with Gasteiger partial charge in [0.25, 0.3) is 0 Å². The van der Waals surface area contributed by atoms with Crippen LogP contribution < -0.4 is 9.47 Å². The van der Waals surface area contributed by atoms with Gasteiger partial charge in [-0.3, -0.25) is 0 Å². The fraction of sp³-hybridized carbons (Fsp3) is 0.308. The lowest BCUT2D eigenvalue weighted by Crippen LogP contribution is -1.93. The van der Waals surface area contributed by atoms with Crippen molar-refractivity contribution in [1.82, 2.24) is 0 Å². The van der Waals surface area contributed by atoms with E-state index in [0.29, 0.717) is 23.7 Å².